The van der Waals surface area contributed by atoms with Gasteiger partial charge in [-0.3, -0.25) is 4.98 Å². The molecule has 0 aliphatic rings. The van der Waals surface area contributed by atoms with E-state index in [-0.39, 0.29) is 0 Å². The van der Waals surface area contributed by atoms with Crippen molar-refractivity contribution in [3.8, 4) is 0 Å². The van der Waals surface area contributed by atoms with Crippen molar-refractivity contribution in [2.75, 3.05) is 11.9 Å². The third-order valence-electron chi connectivity index (χ3n) is 2.69. The maximum Gasteiger partial charge on any atom is 0.315 e. The molecular weight excluding hydrogens is 242 g/mol. The van der Waals surface area contributed by atoms with E-state index in [4.69, 9.17) is 4.42 Å². The zero-order valence-corrected chi connectivity index (χ0v) is 11.3. The van der Waals surface area contributed by atoms with Crippen molar-refractivity contribution in [1.29, 1.82) is 0 Å². The molecule has 0 radical (unpaired) electrons. The van der Waals surface area contributed by atoms with Crippen molar-refractivity contribution in [2.45, 2.75) is 33.4 Å². The van der Waals surface area contributed by atoms with E-state index >= 15 is 0 Å². The summed E-state index contributed by atoms with van der Waals surface area (Å²) in [5.74, 6) is 0.591. The van der Waals surface area contributed by atoms with E-state index in [0.717, 1.165) is 24.2 Å². The molecule has 102 valence electrons. The summed E-state index contributed by atoms with van der Waals surface area (Å²) >= 11 is 0. The van der Waals surface area contributed by atoms with Gasteiger partial charge in [-0.15, -0.1) is 5.10 Å². The SMILES string of the molecule is CCCNCc1nnc(NCc2ncccc2C)o1. The first-order valence-electron chi connectivity index (χ1n) is 6.47. The van der Waals surface area contributed by atoms with E-state index in [1.165, 1.54) is 0 Å². The van der Waals surface area contributed by atoms with Crippen molar-refractivity contribution in [1.82, 2.24) is 20.5 Å². The van der Waals surface area contributed by atoms with Crippen LogP contribution in [0.1, 0.15) is 30.5 Å². The van der Waals surface area contributed by atoms with Gasteiger partial charge in [-0.05, 0) is 31.5 Å². The smallest absolute Gasteiger partial charge is 0.315 e. The zero-order valence-electron chi connectivity index (χ0n) is 11.3. The third kappa shape index (κ3) is 4.03. The Balaban J connectivity index is 1.85. The van der Waals surface area contributed by atoms with Gasteiger partial charge in [0.1, 0.15) is 0 Å². The van der Waals surface area contributed by atoms with Crippen LogP contribution in [0, 0.1) is 6.92 Å². The molecule has 0 aromatic carbocycles. The van der Waals surface area contributed by atoms with Gasteiger partial charge in [-0.1, -0.05) is 18.1 Å². The fourth-order valence-electron chi connectivity index (χ4n) is 1.63. The number of aromatic nitrogens is 3. The molecule has 0 spiro atoms. The van der Waals surface area contributed by atoms with Crippen molar-refractivity contribution in [3.05, 3.63) is 35.5 Å². The Morgan fingerprint density at radius 2 is 2.16 bits per heavy atom. The summed E-state index contributed by atoms with van der Waals surface area (Å²) in [4.78, 5) is 4.30. The lowest BCUT2D eigenvalue weighted by Gasteiger charge is -2.03. The standard InChI is InChI=1S/C13H19N5O/c1-3-6-14-9-12-17-18-13(19-12)16-8-11-10(2)5-4-7-15-11/h4-5,7,14H,3,6,8-9H2,1-2H3,(H,16,18). The minimum absolute atomic E-state index is 0.429. The van der Waals surface area contributed by atoms with Crippen LogP contribution in [0.5, 0.6) is 0 Å². The molecular formula is C13H19N5O. The minimum atomic E-state index is 0.429. The Morgan fingerprint density at radius 1 is 1.26 bits per heavy atom. The van der Waals surface area contributed by atoms with E-state index in [2.05, 4.69) is 32.7 Å². The summed E-state index contributed by atoms with van der Waals surface area (Å²) in [6, 6.07) is 4.37. The topological polar surface area (TPSA) is 75.9 Å². The summed E-state index contributed by atoms with van der Waals surface area (Å²) in [7, 11) is 0. The highest BCUT2D eigenvalue weighted by atomic mass is 16.4. The Bertz CT molecular complexity index is 511. The summed E-state index contributed by atoms with van der Waals surface area (Å²) in [5.41, 5.74) is 2.12. The van der Waals surface area contributed by atoms with Crippen LogP contribution in [0.25, 0.3) is 0 Å². The third-order valence-corrected chi connectivity index (χ3v) is 2.69. The molecule has 0 bridgehead atoms. The highest BCUT2D eigenvalue weighted by molar-refractivity contribution is 5.24. The molecule has 0 saturated heterocycles. The number of pyridine rings is 1. The Hall–Kier alpha value is -1.95. The van der Waals surface area contributed by atoms with Crippen molar-refractivity contribution < 1.29 is 4.42 Å². The van der Waals surface area contributed by atoms with Crippen LogP contribution in [0.4, 0.5) is 6.01 Å². The molecule has 2 heterocycles. The van der Waals surface area contributed by atoms with Crippen LogP contribution in [-0.2, 0) is 13.1 Å². The second-order valence-electron chi connectivity index (χ2n) is 4.30. The molecule has 2 rings (SSSR count). The van der Waals surface area contributed by atoms with Crippen LogP contribution in [0.2, 0.25) is 0 Å². The van der Waals surface area contributed by atoms with Crippen LogP contribution in [0.15, 0.2) is 22.7 Å². The number of hydrogen-bond donors (Lipinski definition) is 2. The van der Waals surface area contributed by atoms with Crippen LogP contribution < -0.4 is 10.6 Å². The van der Waals surface area contributed by atoms with Gasteiger partial charge in [0, 0.05) is 6.20 Å². The Kier molecular flexibility index (Phi) is 4.85. The predicted octanol–water partition coefficient (Wildman–Crippen LogP) is 1.88. The molecule has 0 aliphatic heterocycles. The van der Waals surface area contributed by atoms with E-state index < -0.39 is 0 Å². The van der Waals surface area contributed by atoms with E-state index in [9.17, 15) is 0 Å². The fraction of sp³-hybridized carbons (Fsp3) is 0.462. The lowest BCUT2D eigenvalue weighted by molar-refractivity contribution is 0.476. The van der Waals surface area contributed by atoms with E-state index in [0.29, 0.717) is 25.0 Å². The highest BCUT2D eigenvalue weighted by Gasteiger charge is 2.06. The first-order chi connectivity index (χ1) is 9.29. The molecule has 0 unspecified atom stereocenters. The van der Waals surface area contributed by atoms with Gasteiger partial charge in [-0.2, -0.15) is 0 Å². The van der Waals surface area contributed by atoms with Gasteiger partial charge in [-0.25, -0.2) is 0 Å². The summed E-state index contributed by atoms with van der Waals surface area (Å²) in [6.07, 6.45) is 2.86. The molecule has 6 nitrogen and oxygen atoms in total. The van der Waals surface area contributed by atoms with Gasteiger partial charge in [0.15, 0.2) is 0 Å². The van der Waals surface area contributed by atoms with Gasteiger partial charge in [0.2, 0.25) is 5.89 Å². The van der Waals surface area contributed by atoms with E-state index in [1.807, 2.05) is 19.1 Å². The molecule has 0 saturated carbocycles. The number of nitrogens with one attached hydrogen (secondary N) is 2. The van der Waals surface area contributed by atoms with E-state index in [1.54, 1.807) is 6.20 Å². The normalized spacial score (nSPS) is 10.6. The summed E-state index contributed by atoms with van der Waals surface area (Å²) in [6.45, 7) is 6.26. The quantitative estimate of drug-likeness (QED) is 0.741. The predicted molar refractivity (Wildman–Crippen MR) is 72.6 cm³/mol. The lowest BCUT2D eigenvalue weighted by atomic mass is 10.2. The number of hydrogen-bond acceptors (Lipinski definition) is 6. The van der Waals surface area contributed by atoms with Crippen LogP contribution >= 0.6 is 0 Å². The molecule has 0 amide bonds. The first-order valence-corrected chi connectivity index (χ1v) is 6.47. The van der Waals surface area contributed by atoms with Gasteiger partial charge in [0.25, 0.3) is 0 Å². The average molecular weight is 261 g/mol. The monoisotopic (exact) mass is 261 g/mol. The Labute approximate surface area is 112 Å². The zero-order chi connectivity index (χ0) is 13.5. The second-order valence-corrected chi connectivity index (χ2v) is 4.30. The first kappa shape index (κ1) is 13.5. The van der Waals surface area contributed by atoms with Crippen LogP contribution in [-0.4, -0.2) is 21.7 Å². The van der Waals surface area contributed by atoms with Gasteiger partial charge < -0.3 is 15.1 Å². The van der Waals surface area contributed by atoms with Crippen molar-refractivity contribution >= 4 is 6.01 Å². The number of rotatable bonds is 7. The van der Waals surface area contributed by atoms with Gasteiger partial charge >= 0.3 is 6.01 Å². The number of aryl methyl sites for hydroxylation is 1. The molecule has 0 atom stereocenters. The largest absolute Gasteiger partial charge is 0.407 e. The molecule has 0 aliphatic carbocycles. The minimum Gasteiger partial charge on any atom is -0.407 e. The lowest BCUT2D eigenvalue weighted by Crippen LogP contribution is -2.13. The van der Waals surface area contributed by atoms with Crippen molar-refractivity contribution in [3.63, 3.8) is 0 Å². The summed E-state index contributed by atoms with van der Waals surface area (Å²) < 4.78 is 5.47. The molecule has 2 N–H and O–H groups in total. The molecule has 2 aromatic rings. The maximum atomic E-state index is 5.47. The maximum absolute atomic E-state index is 5.47. The number of anilines is 1. The number of nitrogens with zero attached hydrogens (tertiary/aromatic N) is 3. The molecule has 19 heavy (non-hydrogen) atoms. The van der Waals surface area contributed by atoms with Crippen molar-refractivity contribution in [2.24, 2.45) is 0 Å². The molecule has 2 aromatic heterocycles. The summed E-state index contributed by atoms with van der Waals surface area (Å²) in [5, 5.41) is 14.2. The Morgan fingerprint density at radius 3 is 2.95 bits per heavy atom. The molecule has 0 fully saturated rings. The second kappa shape index (κ2) is 6.84. The molecule has 6 heteroatoms. The van der Waals surface area contributed by atoms with Crippen LogP contribution in [0.3, 0.4) is 0 Å². The van der Waals surface area contributed by atoms with Gasteiger partial charge in [0.05, 0.1) is 18.8 Å². The average Bonchev–Trinajstić information content (AvgIpc) is 2.86. The fourth-order valence-corrected chi connectivity index (χ4v) is 1.63. The highest BCUT2D eigenvalue weighted by Crippen LogP contribution is 2.09.